The Morgan fingerprint density at radius 1 is 1.25 bits per heavy atom. The molecule has 0 fully saturated rings. The maximum Gasteiger partial charge on any atom is 0.273 e. The van der Waals surface area contributed by atoms with Crippen molar-refractivity contribution in [2.24, 2.45) is 0 Å². The fourth-order valence-corrected chi connectivity index (χ4v) is 3.10. The highest BCUT2D eigenvalue weighted by molar-refractivity contribution is 5.96. The van der Waals surface area contributed by atoms with Gasteiger partial charge in [-0.25, -0.2) is 9.50 Å². The van der Waals surface area contributed by atoms with Gasteiger partial charge in [-0.2, -0.15) is 10.4 Å². The third-order valence-electron chi connectivity index (χ3n) is 4.53. The number of fused-ring (bicyclic) bond motifs is 1. The van der Waals surface area contributed by atoms with Crippen LogP contribution in [0.15, 0.2) is 16.7 Å². The van der Waals surface area contributed by atoms with Gasteiger partial charge in [0.15, 0.2) is 5.65 Å². The van der Waals surface area contributed by atoms with Gasteiger partial charge in [0.05, 0.1) is 11.8 Å². The molecular weight excluding hydrogens is 360 g/mol. The molecule has 0 aliphatic carbocycles. The van der Waals surface area contributed by atoms with Crippen molar-refractivity contribution in [3.8, 4) is 6.07 Å². The monoisotopic (exact) mass is 380 g/mol. The van der Waals surface area contributed by atoms with Gasteiger partial charge in [0.2, 0.25) is 5.91 Å². The van der Waals surface area contributed by atoms with Crippen LogP contribution < -0.4 is 10.9 Å². The highest BCUT2D eigenvalue weighted by Crippen LogP contribution is 2.18. The molecule has 3 aromatic rings. The Hall–Kier alpha value is -3.67. The van der Waals surface area contributed by atoms with E-state index in [1.165, 1.54) is 6.20 Å². The fraction of sp³-hybridized carbons (Fsp3) is 0.316. The molecule has 0 unspecified atom stereocenters. The van der Waals surface area contributed by atoms with Crippen LogP contribution in [0.5, 0.6) is 0 Å². The number of nitrogens with zero attached hydrogens (tertiary/aromatic N) is 4. The van der Waals surface area contributed by atoms with Crippen molar-refractivity contribution in [3.63, 3.8) is 0 Å². The second-order valence-corrected chi connectivity index (χ2v) is 6.50. The topological polar surface area (TPSA) is 125 Å². The first-order chi connectivity index (χ1) is 13.3. The number of carbonyl (C=O) groups excluding carboxylic acids is 2. The molecule has 0 aromatic carbocycles. The first-order valence-corrected chi connectivity index (χ1v) is 8.72. The average molecular weight is 380 g/mol. The lowest BCUT2D eigenvalue weighted by Crippen LogP contribution is -2.41. The Bertz CT molecular complexity index is 1120. The number of nitrogens with one attached hydrogen (secondary N) is 2. The van der Waals surface area contributed by atoms with Crippen LogP contribution in [-0.4, -0.2) is 26.4 Å². The van der Waals surface area contributed by atoms with E-state index >= 15 is 0 Å². The summed E-state index contributed by atoms with van der Waals surface area (Å²) in [5.41, 5.74) is 8.53. The molecule has 3 rings (SSSR count). The Morgan fingerprint density at radius 2 is 2.00 bits per heavy atom. The molecule has 2 amide bonds. The van der Waals surface area contributed by atoms with E-state index in [4.69, 9.17) is 9.68 Å². The van der Waals surface area contributed by atoms with Gasteiger partial charge in [-0.15, -0.1) is 0 Å². The summed E-state index contributed by atoms with van der Waals surface area (Å²) in [5, 5.41) is 13.3. The van der Waals surface area contributed by atoms with Crippen LogP contribution in [0.3, 0.4) is 0 Å². The van der Waals surface area contributed by atoms with Gasteiger partial charge >= 0.3 is 0 Å². The molecule has 144 valence electrons. The normalized spacial score (nSPS) is 10.7. The zero-order valence-electron chi connectivity index (χ0n) is 16.1. The molecule has 0 aliphatic heterocycles. The van der Waals surface area contributed by atoms with Gasteiger partial charge in [0, 0.05) is 17.8 Å². The van der Waals surface area contributed by atoms with Crippen LogP contribution in [0.4, 0.5) is 0 Å². The van der Waals surface area contributed by atoms with Gasteiger partial charge < -0.3 is 4.42 Å². The number of hydrazine groups is 1. The number of rotatable bonds is 4. The minimum atomic E-state index is -0.432. The number of carbonyl (C=O) groups is 2. The average Bonchev–Trinajstić information content (AvgIpc) is 3.21. The molecular formula is C19H20N6O3. The molecule has 0 saturated carbocycles. The zero-order valence-corrected chi connectivity index (χ0v) is 16.1. The molecule has 3 aromatic heterocycles. The van der Waals surface area contributed by atoms with Gasteiger partial charge in [-0.05, 0) is 45.7 Å². The third kappa shape index (κ3) is 3.57. The summed E-state index contributed by atoms with van der Waals surface area (Å²) in [6.07, 6.45) is 2.05. The first-order valence-electron chi connectivity index (χ1n) is 8.72. The molecule has 0 spiro atoms. The first kappa shape index (κ1) is 19.1. The van der Waals surface area contributed by atoms with E-state index < -0.39 is 5.91 Å². The predicted octanol–water partition coefficient (Wildman–Crippen LogP) is 1.82. The van der Waals surface area contributed by atoms with Gasteiger partial charge in [-0.3, -0.25) is 20.4 Å². The van der Waals surface area contributed by atoms with Crippen LogP contribution in [0.25, 0.3) is 5.65 Å². The molecule has 0 bridgehead atoms. The molecule has 0 radical (unpaired) electrons. The SMILES string of the molecule is Cc1cc(C(=O)NNC(=O)CCc2c(C)nc3c(C#N)cnn3c2C)c(C)o1. The minimum absolute atomic E-state index is 0.158. The molecule has 2 N–H and O–H groups in total. The minimum Gasteiger partial charge on any atom is -0.466 e. The Kier molecular flexibility index (Phi) is 5.13. The number of aryl methyl sites for hydroxylation is 4. The lowest BCUT2D eigenvalue weighted by atomic mass is 10.1. The number of amides is 2. The van der Waals surface area contributed by atoms with Gasteiger partial charge in [0.1, 0.15) is 23.2 Å². The van der Waals surface area contributed by atoms with Crippen LogP contribution >= 0.6 is 0 Å². The third-order valence-corrected chi connectivity index (χ3v) is 4.53. The highest BCUT2D eigenvalue weighted by Gasteiger charge is 2.16. The Labute approximate surface area is 161 Å². The molecule has 9 heteroatoms. The van der Waals surface area contributed by atoms with Crippen molar-refractivity contribution < 1.29 is 14.0 Å². The predicted molar refractivity (Wildman–Crippen MR) is 99.3 cm³/mol. The summed E-state index contributed by atoms with van der Waals surface area (Å²) in [7, 11) is 0. The number of furan rings is 1. The second-order valence-electron chi connectivity index (χ2n) is 6.50. The molecule has 28 heavy (non-hydrogen) atoms. The second kappa shape index (κ2) is 7.52. The van der Waals surface area contributed by atoms with Crippen molar-refractivity contribution in [3.05, 3.63) is 51.9 Å². The van der Waals surface area contributed by atoms with Crippen molar-refractivity contribution in [1.29, 1.82) is 5.26 Å². The van der Waals surface area contributed by atoms with Crippen LogP contribution in [0.2, 0.25) is 0 Å². The van der Waals surface area contributed by atoms with Crippen molar-refractivity contribution in [1.82, 2.24) is 25.4 Å². The van der Waals surface area contributed by atoms with E-state index in [0.717, 1.165) is 17.0 Å². The number of aromatic nitrogens is 3. The van der Waals surface area contributed by atoms with E-state index in [-0.39, 0.29) is 12.3 Å². The summed E-state index contributed by atoms with van der Waals surface area (Å²) in [5.74, 6) is 0.355. The highest BCUT2D eigenvalue weighted by atomic mass is 16.3. The standard InChI is InChI=1S/C19H20N6O3/c1-10-7-16(13(4)28-10)19(27)24-23-17(26)6-5-15-11(2)22-18-14(8-20)9-21-25(18)12(15)3/h7,9H,5-6H2,1-4H3,(H,23,26)(H,24,27). The molecule has 9 nitrogen and oxygen atoms in total. The number of nitriles is 1. The van der Waals surface area contributed by atoms with Crippen molar-refractivity contribution in [2.75, 3.05) is 0 Å². The molecule has 3 heterocycles. The Morgan fingerprint density at radius 3 is 2.64 bits per heavy atom. The number of hydrogen-bond donors (Lipinski definition) is 2. The van der Waals surface area contributed by atoms with Gasteiger partial charge in [0.25, 0.3) is 5.91 Å². The van der Waals surface area contributed by atoms with E-state index in [0.29, 0.717) is 34.7 Å². The lowest BCUT2D eigenvalue weighted by molar-refractivity contribution is -0.121. The van der Waals surface area contributed by atoms with Gasteiger partial charge in [-0.1, -0.05) is 0 Å². The zero-order chi connectivity index (χ0) is 20.4. The van der Waals surface area contributed by atoms with E-state index in [1.807, 2.05) is 13.8 Å². The molecule has 0 saturated heterocycles. The van der Waals surface area contributed by atoms with Crippen LogP contribution in [0.1, 0.15) is 50.8 Å². The summed E-state index contributed by atoms with van der Waals surface area (Å²) < 4.78 is 6.91. The fourth-order valence-electron chi connectivity index (χ4n) is 3.10. The van der Waals surface area contributed by atoms with E-state index in [1.54, 1.807) is 24.4 Å². The summed E-state index contributed by atoms with van der Waals surface area (Å²) >= 11 is 0. The van der Waals surface area contributed by atoms with Crippen molar-refractivity contribution >= 4 is 17.5 Å². The quantitative estimate of drug-likeness (QED) is 0.665. The largest absolute Gasteiger partial charge is 0.466 e. The maximum absolute atomic E-state index is 12.1. The van der Waals surface area contributed by atoms with Crippen LogP contribution in [0, 0.1) is 39.0 Å². The maximum atomic E-state index is 12.1. The number of hydrogen-bond acceptors (Lipinski definition) is 6. The van der Waals surface area contributed by atoms with Crippen LogP contribution in [-0.2, 0) is 11.2 Å². The Balaban J connectivity index is 1.64. The summed E-state index contributed by atoms with van der Waals surface area (Å²) in [4.78, 5) is 28.7. The summed E-state index contributed by atoms with van der Waals surface area (Å²) in [6.45, 7) is 7.14. The smallest absolute Gasteiger partial charge is 0.273 e. The van der Waals surface area contributed by atoms with E-state index in [2.05, 4.69) is 27.0 Å². The lowest BCUT2D eigenvalue weighted by Gasteiger charge is -2.11. The molecule has 0 aliphatic rings. The van der Waals surface area contributed by atoms with E-state index in [9.17, 15) is 9.59 Å². The molecule has 0 atom stereocenters. The van der Waals surface area contributed by atoms with Crippen molar-refractivity contribution in [2.45, 2.75) is 40.5 Å². The summed E-state index contributed by atoms with van der Waals surface area (Å²) in [6, 6.07) is 3.68.